The van der Waals surface area contributed by atoms with Crippen molar-refractivity contribution in [3.8, 4) is 84.5 Å². The molecule has 304 valence electrons. The molecule has 12 aromatic rings. The summed E-state index contributed by atoms with van der Waals surface area (Å²) in [6.45, 7) is 0. The molecule has 5 nitrogen and oxygen atoms in total. The molecule has 0 N–H and O–H groups in total. The van der Waals surface area contributed by atoms with E-state index in [-0.39, 0.29) is 0 Å². The Bertz CT molecular complexity index is 3540. The molecule has 0 amide bonds. The molecule has 9 aromatic carbocycles. The first kappa shape index (κ1) is 37.9. The van der Waals surface area contributed by atoms with Gasteiger partial charge in [0.15, 0.2) is 17.5 Å². The summed E-state index contributed by atoms with van der Waals surface area (Å²) in [5.41, 5.74) is 15.9. The molecule has 0 atom stereocenters. The Morgan fingerprint density at radius 1 is 0.262 bits per heavy atom. The largest absolute Gasteiger partial charge is 0.307 e. The number of fused-ring (bicyclic) bond motifs is 5. The van der Waals surface area contributed by atoms with Gasteiger partial charge in [-0.1, -0.05) is 212 Å². The number of hydrogen-bond donors (Lipinski definition) is 0. The van der Waals surface area contributed by atoms with Crippen LogP contribution in [-0.4, -0.2) is 24.5 Å². The van der Waals surface area contributed by atoms with Gasteiger partial charge in [0.2, 0.25) is 0 Å². The molecule has 3 aromatic heterocycles. The summed E-state index contributed by atoms with van der Waals surface area (Å²) in [6.07, 6.45) is 0. The first-order valence-corrected chi connectivity index (χ1v) is 21.9. The molecule has 65 heavy (non-hydrogen) atoms. The van der Waals surface area contributed by atoms with Crippen molar-refractivity contribution in [2.45, 2.75) is 0 Å². The molecular weight excluding hydrogens is 791 g/mol. The molecule has 0 bridgehead atoms. The maximum atomic E-state index is 5.29. The van der Waals surface area contributed by atoms with E-state index in [4.69, 9.17) is 19.9 Å². The van der Waals surface area contributed by atoms with Gasteiger partial charge in [-0.25, -0.2) is 19.9 Å². The van der Waals surface area contributed by atoms with Crippen molar-refractivity contribution in [2.24, 2.45) is 0 Å². The van der Waals surface area contributed by atoms with E-state index in [9.17, 15) is 0 Å². The summed E-state index contributed by atoms with van der Waals surface area (Å²) < 4.78 is 2.37. The smallest absolute Gasteiger partial charge is 0.164 e. The molecule has 12 rings (SSSR count). The lowest BCUT2D eigenvalue weighted by Gasteiger charge is -2.13. The van der Waals surface area contributed by atoms with Crippen molar-refractivity contribution < 1.29 is 0 Å². The van der Waals surface area contributed by atoms with Gasteiger partial charge in [-0.2, -0.15) is 0 Å². The molecule has 0 spiro atoms. The predicted octanol–water partition coefficient (Wildman–Crippen LogP) is 15.2. The lowest BCUT2D eigenvalue weighted by molar-refractivity contribution is 1.07. The number of nitrogens with zero attached hydrogens (tertiary/aromatic N) is 5. The molecular formula is C60H39N5. The molecule has 0 aliphatic heterocycles. The first-order chi connectivity index (χ1) is 32.2. The summed E-state index contributed by atoms with van der Waals surface area (Å²) in [5.74, 6) is 1.87. The molecule has 3 heterocycles. The van der Waals surface area contributed by atoms with Crippen LogP contribution in [0.5, 0.6) is 0 Å². The summed E-state index contributed by atoms with van der Waals surface area (Å²) in [6, 6.07) is 82.8. The fourth-order valence-corrected chi connectivity index (χ4v) is 9.02. The minimum atomic E-state index is 0.618. The standard InChI is InChI=1S/C60H39N5/c1-4-14-40(15-5-1)42-24-30-47(31-25-42)58-62-59(48-32-26-43(27-33-48)41-16-6-2-7-17-41)64-60(63-58)49-34-28-44(29-35-49)45-36-38-50(39-37-45)65-54-23-13-11-21-52(54)55-51-20-10-12-22-53(51)61-56(57(55)65)46-18-8-3-9-19-46/h1-39H. The fraction of sp³-hybridized carbons (Fsp3) is 0. The van der Waals surface area contributed by atoms with Gasteiger partial charge in [-0.15, -0.1) is 0 Å². The SMILES string of the molecule is c1ccc(-c2ccc(-c3nc(-c4ccc(-c5ccccc5)cc4)nc(-c4ccc(-c5ccc(-n6c7ccccc7c7c8ccccc8nc(-c8ccccc8)c76)cc5)cc4)n3)cc2)cc1. The van der Waals surface area contributed by atoms with Gasteiger partial charge >= 0.3 is 0 Å². The van der Waals surface area contributed by atoms with Crippen molar-refractivity contribution in [3.05, 3.63) is 237 Å². The van der Waals surface area contributed by atoms with Gasteiger partial charge in [0.1, 0.15) is 0 Å². The zero-order valence-corrected chi connectivity index (χ0v) is 35.3. The van der Waals surface area contributed by atoms with Gasteiger partial charge in [0.25, 0.3) is 0 Å². The number of aromatic nitrogens is 5. The highest BCUT2D eigenvalue weighted by Gasteiger charge is 2.21. The van der Waals surface area contributed by atoms with Crippen LogP contribution < -0.4 is 0 Å². The van der Waals surface area contributed by atoms with Crippen LogP contribution in [0.15, 0.2) is 237 Å². The maximum absolute atomic E-state index is 5.29. The maximum Gasteiger partial charge on any atom is 0.164 e. The van der Waals surface area contributed by atoms with E-state index in [1.54, 1.807) is 0 Å². The Kier molecular flexibility index (Phi) is 9.42. The fourth-order valence-electron chi connectivity index (χ4n) is 9.02. The van der Waals surface area contributed by atoms with Crippen LogP contribution in [0, 0.1) is 0 Å². The van der Waals surface area contributed by atoms with E-state index in [2.05, 4.69) is 229 Å². The number of benzene rings is 9. The number of para-hydroxylation sites is 2. The van der Waals surface area contributed by atoms with E-state index in [0.717, 1.165) is 77.8 Å². The van der Waals surface area contributed by atoms with Gasteiger partial charge in [-0.05, 0) is 57.6 Å². The van der Waals surface area contributed by atoms with Crippen LogP contribution >= 0.6 is 0 Å². The van der Waals surface area contributed by atoms with Gasteiger partial charge < -0.3 is 4.57 Å². The van der Waals surface area contributed by atoms with Crippen molar-refractivity contribution in [2.75, 3.05) is 0 Å². The third-order valence-electron chi connectivity index (χ3n) is 12.3. The molecule has 5 heteroatoms. The number of pyridine rings is 1. The van der Waals surface area contributed by atoms with Gasteiger partial charge in [-0.3, -0.25) is 0 Å². The van der Waals surface area contributed by atoms with Gasteiger partial charge in [0, 0.05) is 44.1 Å². The lowest BCUT2D eigenvalue weighted by Crippen LogP contribution is -2.00. The first-order valence-electron chi connectivity index (χ1n) is 21.9. The minimum absolute atomic E-state index is 0.618. The van der Waals surface area contributed by atoms with Crippen LogP contribution in [0.4, 0.5) is 0 Å². The zero-order chi connectivity index (χ0) is 43.1. The van der Waals surface area contributed by atoms with E-state index in [1.807, 2.05) is 12.1 Å². The van der Waals surface area contributed by atoms with Crippen LogP contribution in [0.2, 0.25) is 0 Å². The average molecular weight is 830 g/mol. The molecule has 0 aliphatic carbocycles. The van der Waals surface area contributed by atoms with Crippen molar-refractivity contribution >= 4 is 32.7 Å². The van der Waals surface area contributed by atoms with E-state index >= 15 is 0 Å². The molecule has 0 fully saturated rings. The Morgan fingerprint density at radius 3 is 1.09 bits per heavy atom. The second kappa shape index (κ2) is 16.2. The highest BCUT2D eigenvalue weighted by molar-refractivity contribution is 6.23. The number of hydrogen-bond acceptors (Lipinski definition) is 4. The van der Waals surface area contributed by atoms with Crippen molar-refractivity contribution in [1.29, 1.82) is 0 Å². The Morgan fingerprint density at radius 2 is 0.615 bits per heavy atom. The van der Waals surface area contributed by atoms with Crippen LogP contribution in [0.25, 0.3) is 117 Å². The minimum Gasteiger partial charge on any atom is -0.307 e. The van der Waals surface area contributed by atoms with Gasteiger partial charge in [0.05, 0.1) is 22.2 Å². The Labute approximate surface area is 376 Å². The Balaban J connectivity index is 0.913. The topological polar surface area (TPSA) is 56.5 Å². The highest BCUT2D eigenvalue weighted by Crippen LogP contribution is 2.41. The monoisotopic (exact) mass is 829 g/mol. The van der Waals surface area contributed by atoms with E-state index in [0.29, 0.717) is 17.5 Å². The zero-order valence-electron chi connectivity index (χ0n) is 35.3. The normalized spacial score (nSPS) is 11.4. The second-order valence-electron chi connectivity index (χ2n) is 16.2. The van der Waals surface area contributed by atoms with Crippen LogP contribution in [-0.2, 0) is 0 Å². The molecule has 0 saturated heterocycles. The van der Waals surface area contributed by atoms with Crippen LogP contribution in [0.3, 0.4) is 0 Å². The van der Waals surface area contributed by atoms with Crippen molar-refractivity contribution in [1.82, 2.24) is 24.5 Å². The molecule has 0 aliphatic rings. The summed E-state index contributed by atoms with van der Waals surface area (Å²) >= 11 is 0. The highest BCUT2D eigenvalue weighted by atomic mass is 15.0. The summed E-state index contributed by atoms with van der Waals surface area (Å²) in [7, 11) is 0. The van der Waals surface area contributed by atoms with Crippen LogP contribution in [0.1, 0.15) is 0 Å². The summed E-state index contributed by atoms with van der Waals surface area (Å²) in [4.78, 5) is 20.5. The van der Waals surface area contributed by atoms with Crippen molar-refractivity contribution in [3.63, 3.8) is 0 Å². The molecule has 0 unspecified atom stereocenters. The number of rotatable bonds is 8. The average Bonchev–Trinajstić information content (AvgIpc) is 3.75. The van der Waals surface area contributed by atoms with E-state index in [1.165, 1.54) is 21.9 Å². The Hall–Kier alpha value is -8.80. The molecule has 0 saturated carbocycles. The van der Waals surface area contributed by atoms with E-state index < -0.39 is 0 Å². The lowest BCUT2D eigenvalue weighted by atomic mass is 10.0. The third-order valence-corrected chi connectivity index (χ3v) is 12.3. The summed E-state index contributed by atoms with van der Waals surface area (Å²) in [5, 5.41) is 3.56. The molecule has 0 radical (unpaired) electrons. The second-order valence-corrected chi connectivity index (χ2v) is 16.2. The third kappa shape index (κ3) is 7.02. The quantitative estimate of drug-likeness (QED) is 0.153. The predicted molar refractivity (Wildman–Crippen MR) is 268 cm³/mol.